The monoisotopic (exact) mass is 696 g/mol. The van der Waals surface area contributed by atoms with Crippen molar-refractivity contribution in [2.45, 2.75) is 44.6 Å². The van der Waals surface area contributed by atoms with E-state index in [1.54, 1.807) is 24.7 Å². The number of aromatic amines is 1. The number of hydrogen-bond acceptors (Lipinski definition) is 9. The van der Waals surface area contributed by atoms with Gasteiger partial charge in [0.1, 0.15) is 30.3 Å². The number of H-pyrrole nitrogens is 1. The molecule has 11 nitrogen and oxygen atoms in total. The van der Waals surface area contributed by atoms with Gasteiger partial charge in [-0.05, 0) is 79.0 Å². The van der Waals surface area contributed by atoms with Gasteiger partial charge in [-0.2, -0.15) is 5.10 Å². The Bertz CT molecular complexity index is 2260. The molecule has 3 saturated carbocycles. The van der Waals surface area contributed by atoms with Gasteiger partial charge in [-0.1, -0.05) is 35.9 Å². The van der Waals surface area contributed by atoms with Gasteiger partial charge in [0.2, 0.25) is 0 Å². The summed E-state index contributed by atoms with van der Waals surface area (Å²) in [5, 5.41) is 10.5. The summed E-state index contributed by atoms with van der Waals surface area (Å²) in [6.45, 7) is 1.64. The lowest BCUT2D eigenvalue weighted by Crippen LogP contribution is -2.45. The first-order valence-electron chi connectivity index (χ1n) is 16.7. The van der Waals surface area contributed by atoms with Crippen LogP contribution >= 0.6 is 11.6 Å². The molecule has 6 aromatic rings. The van der Waals surface area contributed by atoms with Crippen LogP contribution < -0.4 is 4.74 Å². The summed E-state index contributed by atoms with van der Waals surface area (Å²) in [6.07, 6.45) is 8.00. The van der Waals surface area contributed by atoms with Gasteiger partial charge in [0.05, 0.1) is 40.8 Å². The zero-order valence-corrected chi connectivity index (χ0v) is 28.2. The number of aromatic nitrogens is 6. The van der Waals surface area contributed by atoms with E-state index in [2.05, 4.69) is 20.2 Å². The zero-order chi connectivity index (χ0) is 34.5. The van der Waals surface area contributed by atoms with Crippen LogP contribution in [0.1, 0.15) is 50.1 Å². The molecule has 3 atom stereocenters. The lowest BCUT2D eigenvalue weighted by atomic mass is 9.61. The van der Waals surface area contributed by atoms with Gasteiger partial charge in [-0.25, -0.2) is 19.3 Å². The maximum Gasteiger partial charge on any atom is 0.313 e. The van der Waals surface area contributed by atoms with Gasteiger partial charge in [0.25, 0.3) is 0 Å². The van der Waals surface area contributed by atoms with Crippen molar-refractivity contribution in [3.8, 4) is 17.3 Å². The standard InChI is InChI=1S/C37H34ClFN6O5/c1-19(22-7-8-24-14-26(48-2)10-9-23(24)13-22)36(46)49-11-12-50-37(47)30-20-3-5-21(6-4-20)32(30)45-18-29(39)28-17-41-34(42-35(28)45)31-27-15-25(38)16-40-33(27)44-43-31/h7-10,13-21,30,32H,3-6,11-12H2,1-2H3,(H,40,43,44)/t19-,20?,21?,30-,32-/m0/s1. The molecule has 2 bridgehead atoms. The molecular formula is C37H34ClFN6O5. The second-order valence-electron chi connectivity index (χ2n) is 13.2. The Kier molecular flexibility index (Phi) is 8.34. The highest BCUT2D eigenvalue weighted by Gasteiger charge is 2.49. The molecule has 3 fully saturated rings. The molecule has 3 aliphatic rings. The summed E-state index contributed by atoms with van der Waals surface area (Å²) in [5.41, 5.74) is 2.18. The molecule has 4 heterocycles. The Morgan fingerprint density at radius 3 is 2.56 bits per heavy atom. The predicted octanol–water partition coefficient (Wildman–Crippen LogP) is 7.19. The molecule has 256 valence electrons. The number of nitrogens with one attached hydrogen (secondary N) is 1. The Morgan fingerprint density at radius 1 is 0.980 bits per heavy atom. The van der Waals surface area contributed by atoms with Crippen LogP contribution in [-0.4, -0.2) is 62.0 Å². The molecule has 9 rings (SSSR count). The quantitative estimate of drug-likeness (QED) is 0.123. The third-order valence-corrected chi connectivity index (χ3v) is 10.6. The molecule has 4 aromatic heterocycles. The minimum Gasteiger partial charge on any atom is -0.497 e. The summed E-state index contributed by atoms with van der Waals surface area (Å²) >= 11 is 6.20. The SMILES string of the molecule is COc1ccc2cc([C@H](C)C(=O)OCCOC(=O)[C@H]3C4CCC(CC4)[C@@H]3n3cc(F)c4cnc(-c5[nH]nc6ncc(Cl)cc56)nc43)ccc2c1. The van der Waals surface area contributed by atoms with Crippen LogP contribution in [-0.2, 0) is 19.1 Å². The van der Waals surface area contributed by atoms with Crippen LogP contribution in [0.2, 0.25) is 5.02 Å². The van der Waals surface area contributed by atoms with E-state index in [0.717, 1.165) is 47.8 Å². The van der Waals surface area contributed by atoms with E-state index in [-0.39, 0.29) is 42.4 Å². The molecule has 2 aromatic carbocycles. The van der Waals surface area contributed by atoms with E-state index in [0.29, 0.717) is 33.2 Å². The Balaban J connectivity index is 0.978. The van der Waals surface area contributed by atoms with Crippen molar-refractivity contribution in [2.24, 2.45) is 17.8 Å². The molecule has 3 aliphatic carbocycles. The number of benzene rings is 2. The topological polar surface area (TPSA) is 134 Å². The number of carbonyl (C=O) groups is 2. The first-order chi connectivity index (χ1) is 24.3. The maximum absolute atomic E-state index is 15.4. The number of ether oxygens (including phenoxy) is 3. The molecule has 0 saturated heterocycles. The summed E-state index contributed by atoms with van der Waals surface area (Å²) in [6, 6.07) is 13.0. The van der Waals surface area contributed by atoms with Crippen molar-refractivity contribution < 1.29 is 28.2 Å². The number of fused-ring (bicyclic) bond motifs is 6. The highest BCUT2D eigenvalue weighted by Crippen LogP contribution is 2.52. The lowest BCUT2D eigenvalue weighted by molar-refractivity contribution is -0.162. The van der Waals surface area contributed by atoms with Gasteiger partial charge >= 0.3 is 11.9 Å². The minimum absolute atomic E-state index is 0.0696. The fourth-order valence-corrected chi connectivity index (χ4v) is 7.97. The molecule has 13 heteroatoms. The van der Waals surface area contributed by atoms with E-state index in [1.165, 1.54) is 18.6 Å². The number of esters is 2. The first-order valence-corrected chi connectivity index (χ1v) is 17.1. The molecule has 1 N–H and O–H groups in total. The van der Waals surface area contributed by atoms with Crippen LogP contribution in [0.25, 0.3) is 44.4 Å². The van der Waals surface area contributed by atoms with Crippen molar-refractivity contribution in [2.75, 3.05) is 20.3 Å². The summed E-state index contributed by atoms with van der Waals surface area (Å²) < 4.78 is 33.8. The number of hydrogen-bond donors (Lipinski definition) is 1. The highest BCUT2D eigenvalue weighted by molar-refractivity contribution is 6.31. The van der Waals surface area contributed by atoms with Gasteiger partial charge in [0, 0.05) is 18.6 Å². The summed E-state index contributed by atoms with van der Waals surface area (Å²) in [4.78, 5) is 40.2. The first kappa shape index (κ1) is 32.1. The van der Waals surface area contributed by atoms with Crippen molar-refractivity contribution in [1.82, 2.24) is 29.7 Å². The van der Waals surface area contributed by atoms with Crippen LogP contribution in [0, 0.1) is 23.6 Å². The zero-order valence-electron chi connectivity index (χ0n) is 27.4. The molecular weight excluding hydrogens is 663 g/mol. The van der Waals surface area contributed by atoms with E-state index < -0.39 is 23.6 Å². The van der Waals surface area contributed by atoms with Gasteiger partial charge in [-0.15, -0.1) is 0 Å². The molecule has 0 amide bonds. The Hall–Kier alpha value is -5.10. The number of nitrogens with zero attached hydrogens (tertiary/aromatic N) is 5. The van der Waals surface area contributed by atoms with E-state index >= 15 is 4.39 Å². The molecule has 50 heavy (non-hydrogen) atoms. The second-order valence-corrected chi connectivity index (χ2v) is 13.6. The Labute approximate surface area is 291 Å². The van der Waals surface area contributed by atoms with Crippen LogP contribution in [0.3, 0.4) is 0 Å². The van der Waals surface area contributed by atoms with Crippen molar-refractivity contribution in [3.63, 3.8) is 0 Å². The molecule has 0 radical (unpaired) electrons. The molecule has 0 unspecified atom stereocenters. The van der Waals surface area contributed by atoms with Crippen LogP contribution in [0.4, 0.5) is 4.39 Å². The van der Waals surface area contributed by atoms with E-state index in [1.807, 2.05) is 36.4 Å². The number of halogens is 2. The van der Waals surface area contributed by atoms with Crippen LogP contribution in [0.5, 0.6) is 5.75 Å². The van der Waals surface area contributed by atoms with E-state index in [9.17, 15) is 9.59 Å². The van der Waals surface area contributed by atoms with Gasteiger partial charge in [-0.3, -0.25) is 14.7 Å². The molecule has 0 spiro atoms. The van der Waals surface area contributed by atoms with E-state index in [4.69, 9.17) is 30.8 Å². The minimum atomic E-state index is -0.507. The normalized spacial score (nSPS) is 20.7. The maximum atomic E-state index is 15.4. The van der Waals surface area contributed by atoms with Crippen molar-refractivity contribution in [1.29, 1.82) is 0 Å². The largest absolute Gasteiger partial charge is 0.497 e. The highest BCUT2D eigenvalue weighted by atomic mass is 35.5. The molecule has 0 aliphatic heterocycles. The fourth-order valence-electron chi connectivity index (χ4n) is 7.81. The average Bonchev–Trinajstić information content (AvgIpc) is 3.72. The third-order valence-electron chi connectivity index (χ3n) is 10.4. The Morgan fingerprint density at radius 2 is 1.74 bits per heavy atom. The number of carbonyl (C=O) groups excluding carboxylic acids is 2. The summed E-state index contributed by atoms with van der Waals surface area (Å²) in [5.74, 6) is -0.963. The lowest BCUT2D eigenvalue weighted by Gasteiger charge is -2.47. The smallest absolute Gasteiger partial charge is 0.313 e. The fraction of sp³-hybridized carbons (Fsp3) is 0.351. The number of rotatable bonds is 9. The van der Waals surface area contributed by atoms with Crippen molar-refractivity contribution >= 4 is 56.4 Å². The van der Waals surface area contributed by atoms with Gasteiger partial charge < -0.3 is 18.8 Å². The predicted molar refractivity (Wildman–Crippen MR) is 184 cm³/mol. The number of methoxy groups -OCH3 is 1. The van der Waals surface area contributed by atoms with Gasteiger partial charge in [0.15, 0.2) is 17.3 Å². The third kappa shape index (κ3) is 5.70. The van der Waals surface area contributed by atoms with Crippen LogP contribution in [0.15, 0.2) is 61.1 Å². The second kappa shape index (κ2) is 13.0. The summed E-state index contributed by atoms with van der Waals surface area (Å²) in [7, 11) is 1.62. The van der Waals surface area contributed by atoms with Crippen molar-refractivity contribution in [3.05, 3.63) is 77.5 Å². The number of pyridine rings is 1. The average molecular weight is 697 g/mol.